The van der Waals surface area contributed by atoms with E-state index in [2.05, 4.69) is 27.8 Å². The molecule has 1 fully saturated rings. The van der Waals surface area contributed by atoms with Crippen LogP contribution in [-0.2, 0) is 0 Å². The average Bonchev–Trinajstić information content (AvgIpc) is 2.35. The van der Waals surface area contributed by atoms with E-state index in [1.165, 1.54) is 82.6 Å². The Bertz CT molecular complexity index is 172. The maximum atomic E-state index is 3.49. The van der Waals surface area contributed by atoms with Gasteiger partial charge in [-0.2, -0.15) is 0 Å². The highest BCUT2D eigenvalue weighted by atomic mass is 79.9. The quantitative estimate of drug-likeness (QED) is 0.428. The minimum atomic E-state index is 0.850. The van der Waals surface area contributed by atoms with Gasteiger partial charge in [0.1, 0.15) is 0 Å². The van der Waals surface area contributed by atoms with Gasteiger partial charge in [0.2, 0.25) is 0 Å². The molecule has 1 rings (SSSR count). The summed E-state index contributed by atoms with van der Waals surface area (Å²) in [7, 11) is 0. The van der Waals surface area contributed by atoms with Gasteiger partial charge in [-0.25, -0.2) is 0 Å². The number of alkyl halides is 1. The van der Waals surface area contributed by atoms with Gasteiger partial charge < -0.3 is 4.90 Å². The molecule has 1 unspecified atom stereocenters. The zero-order valence-corrected chi connectivity index (χ0v) is 13.2. The predicted molar refractivity (Wildman–Crippen MR) is 81.0 cm³/mol. The molecule has 1 nitrogen and oxygen atoms in total. The molecule has 0 bridgehead atoms. The summed E-state index contributed by atoms with van der Waals surface area (Å²) in [6.07, 6.45) is 14.3. The number of unbranched alkanes of at least 4 members (excludes halogenated alkanes) is 6. The van der Waals surface area contributed by atoms with Crippen molar-refractivity contribution in [2.24, 2.45) is 0 Å². The molecule has 0 aromatic heterocycles. The molecule has 0 spiro atoms. The van der Waals surface area contributed by atoms with E-state index in [9.17, 15) is 0 Å². The lowest BCUT2D eigenvalue weighted by molar-refractivity contribution is 0.157. The van der Waals surface area contributed by atoms with Crippen LogP contribution in [0, 0.1) is 0 Å². The number of rotatable bonds is 9. The summed E-state index contributed by atoms with van der Waals surface area (Å²) < 4.78 is 0. The van der Waals surface area contributed by atoms with Crippen molar-refractivity contribution in [3.05, 3.63) is 0 Å². The van der Waals surface area contributed by atoms with Crippen LogP contribution in [0.3, 0.4) is 0 Å². The Morgan fingerprint density at radius 1 is 0.941 bits per heavy atom. The van der Waals surface area contributed by atoms with Gasteiger partial charge in [0.25, 0.3) is 0 Å². The minimum Gasteiger partial charge on any atom is -0.301 e. The third-order valence-corrected chi connectivity index (χ3v) is 4.58. The molecule has 0 radical (unpaired) electrons. The maximum absolute atomic E-state index is 3.49. The number of piperidine rings is 1. The molecular formula is C15H30BrN. The van der Waals surface area contributed by atoms with Crippen molar-refractivity contribution in [3.8, 4) is 0 Å². The summed E-state index contributed by atoms with van der Waals surface area (Å²) in [5, 5.41) is 1.18. The first kappa shape index (κ1) is 15.5. The molecule has 102 valence electrons. The second-order valence-corrected chi connectivity index (χ2v) is 6.34. The number of nitrogens with zero attached hydrogens (tertiary/aromatic N) is 1. The summed E-state index contributed by atoms with van der Waals surface area (Å²) in [6, 6.07) is 0.850. The fourth-order valence-corrected chi connectivity index (χ4v) is 3.18. The maximum Gasteiger partial charge on any atom is 0.00669 e. The standard InChI is InChI=1S/C15H30BrN/c1-15-11-7-10-14-17(15)13-9-6-4-2-3-5-8-12-16/h15H,2-14H2,1H3. The predicted octanol–water partition coefficient (Wildman–Crippen LogP) is 4.99. The fraction of sp³-hybridized carbons (Fsp3) is 1.00. The van der Waals surface area contributed by atoms with Crippen LogP contribution in [0.4, 0.5) is 0 Å². The van der Waals surface area contributed by atoms with Crippen LogP contribution in [-0.4, -0.2) is 29.4 Å². The van der Waals surface area contributed by atoms with E-state index in [4.69, 9.17) is 0 Å². The van der Waals surface area contributed by atoms with Crippen LogP contribution < -0.4 is 0 Å². The number of halogens is 1. The molecule has 0 aromatic carbocycles. The Morgan fingerprint density at radius 2 is 1.59 bits per heavy atom. The molecular weight excluding hydrogens is 274 g/mol. The summed E-state index contributed by atoms with van der Waals surface area (Å²) in [6.45, 7) is 5.11. The Labute approximate surface area is 116 Å². The minimum absolute atomic E-state index is 0.850. The molecule has 1 atom stereocenters. The topological polar surface area (TPSA) is 3.24 Å². The van der Waals surface area contributed by atoms with Gasteiger partial charge in [-0.05, 0) is 45.7 Å². The van der Waals surface area contributed by atoms with Gasteiger partial charge in [-0.1, -0.05) is 54.5 Å². The molecule has 1 aliphatic heterocycles. The van der Waals surface area contributed by atoms with Crippen LogP contribution in [0.15, 0.2) is 0 Å². The lowest BCUT2D eigenvalue weighted by Crippen LogP contribution is -2.37. The Kier molecular flexibility index (Phi) is 9.45. The van der Waals surface area contributed by atoms with E-state index in [0.717, 1.165) is 6.04 Å². The third kappa shape index (κ3) is 7.46. The van der Waals surface area contributed by atoms with Crippen LogP contribution in [0.1, 0.15) is 71.1 Å². The Hall–Kier alpha value is 0.440. The average molecular weight is 304 g/mol. The van der Waals surface area contributed by atoms with E-state index in [-0.39, 0.29) is 0 Å². The van der Waals surface area contributed by atoms with E-state index in [0.29, 0.717) is 0 Å². The normalized spacial score (nSPS) is 21.9. The van der Waals surface area contributed by atoms with Crippen LogP contribution >= 0.6 is 15.9 Å². The molecule has 1 heterocycles. The first-order valence-electron chi connectivity index (χ1n) is 7.64. The molecule has 0 aromatic rings. The largest absolute Gasteiger partial charge is 0.301 e. The highest BCUT2D eigenvalue weighted by molar-refractivity contribution is 9.09. The molecule has 1 saturated heterocycles. The van der Waals surface area contributed by atoms with Crippen molar-refractivity contribution in [1.29, 1.82) is 0 Å². The molecule has 0 aliphatic carbocycles. The Balaban J connectivity index is 1.86. The summed E-state index contributed by atoms with van der Waals surface area (Å²) in [5.74, 6) is 0. The van der Waals surface area contributed by atoms with Gasteiger partial charge in [0, 0.05) is 11.4 Å². The molecule has 0 saturated carbocycles. The second-order valence-electron chi connectivity index (χ2n) is 5.54. The molecule has 17 heavy (non-hydrogen) atoms. The smallest absolute Gasteiger partial charge is 0.00669 e. The van der Waals surface area contributed by atoms with Gasteiger partial charge in [0.15, 0.2) is 0 Å². The summed E-state index contributed by atoms with van der Waals surface area (Å²) >= 11 is 3.49. The molecule has 1 aliphatic rings. The zero-order valence-electron chi connectivity index (χ0n) is 11.6. The highest BCUT2D eigenvalue weighted by Crippen LogP contribution is 2.17. The second kappa shape index (κ2) is 10.4. The van der Waals surface area contributed by atoms with Crippen LogP contribution in [0.5, 0.6) is 0 Å². The first-order valence-corrected chi connectivity index (χ1v) is 8.76. The zero-order chi connectivity index (χ0) is 12.3. The van der Waals surface area contributed by atoms with Crippen molar-refractivity contribution in [2.75, 3.05) is 18.4 Å². The molecule has 2 heteroatoms. The van der Waals surface area contributed by atoms with Crippen molar-refractivity contribution in [1.82, 2.24) is 4.90 Å². The van der Waals surface area contributed by atoms with E-state index in [1.807, 2.05) is 0 Å². The first-order chi connectivity index (χ1) is 8.34. The van der Waals surface area contributed by atoms with E-state index < -0.39 is 0 Å². The molecule has 0 N–H and O–H groups in total. The van der Waals surface area contributed by atoms with E-state index in [1.54, 1.807) is 0 Å². The highest BCUT2D eigenvalue weighted by Gasteiger charge is 2.16. The lowest BCUT2D eigenvalue weighted by Gasteiger charge is -2.33. The van der Waals surface area contributed by atoms with Crippen LogP contribution in [0.2, 0.25) is 0 Å². The van der Waals surface area contributed by atoms with Gasteiger partial charge >= 0.3 is 0 Å². The summed E-state index contributed by atoms with van der Waals surface area (Å²) in [5.41, 5.74) is 0. The molecule has 0 amide bonds. The summed E-state index contributed by atoms with van der Waals surface area (Å²) in [4.78, 5) is 2.70. The number of hydrogen-bond acceptors (Lipinski definition) is 1. The van der Waals surface area contributed by atoms with Crippen LogP contribution in [0.25, 0.3) is 0 Å². The Morgan fingerprint density at radius 3 is 2.24 bits per heavy atom. The fourth-order valence-electron chi connectivity index (χ4n) is 2.78. The monoisotopic (exact) mass is 303 g/mol. The third-order valence-electron chi connectivity index (χ3n) is 4.02. The number of likely N-dealkylation sites (tertiary alicyclic amines) is 1. The van der Waals surface area contributed by atoms with Crippen molar-refractivity contribution in [2.45, 2.75) is 77.2 Å². The lowest BCUT2D eigenvalue weighted by atomic mass is 10.0. The van der Waals surface area contributed by atoms with E-state index >= 15 is 0 Å². The SMILES string of the molecule is CC1CCCCN1CCCCCCCCCBr. The van der Waals surface area contributed by atoms with Gasteiger partial charge in [-0.15, -0.1) is 0 Å². The van der Waals surface area contributed by atoms with Crippen molar-refractivity contribution in [3.63, 3.8) is 0 Å². The van der Waals surface area contributed by atoms with Crippen molar-refractivity contribution >= 4 is 15.9 Å². The van der Waals surface area contributed by atoms with Gasteiger partial charge in [0.05, 0.1) is 0 Å². The number of hydrogen-bond donors (Lipinski definition) is 0. The van der Waals surface area contributed by atoms with Gasteiger partial charge in [-0.3, -0.25) is 0 Å². The van der Waals surface area contributed by atoms with Crippen molar-refractivity contribution < 1.29 is 0 Å².